The summed E-state index contributed by atoms with van der Waals surface area (Å²) in [5.74, 6) is -0.473. The zero-order valence-electron chi connectivity index (χ0n) is 8.23. The first-order chi connectivity index (χ1) is 6.64. The molecule has 1 aromatic rings. The van der Waals surface area contributed by atoms with Crippen LogP contribution in [-0.2, 0) is 4.79 Å². The average Bonchev–Trinajstić information content (AvgIpc) is 2.16. The summed E-state index contributed by atoms with van der Waals surface area (Å²) >= 11 is 0. The molecule has 2 atom stereocenters. The topological polar surface area (TPSA) is 37.3 Å². The molecule has 0 spiro atoms. The van der Waals surface area contributed by atoms with Crippen LogP contribution in [0.4, 0.5) is 0 Å². The van der Waals surface area contributed by atoms with Crippen molar-refractivity contribution in [2.24, 2.45) is 5.41 Å². The van der Waals surface area contributed by atoms with Gasteiger partial charge < -0.3 is 5.11 Å². The van der Waals surface area contributed by atoms with Gasteiger partial charge in [-0.05, 0) is 31.2 Å². The fourth-order valence-electron chi connectivity index (χ4n) is 2.20. The molecule has 1 fully saturated rings. The molecule has 2 unspecified atom stereocenters. The molecule has 0 radical (unpaired) electrons. The van der Waals surface area contributed by atoms with E-state index in [9.17, 15) is 4.79 Å². The molecule has 74 valence electrons. The van der Waals surface area contributed by atoms with Crippen LogP contribution in [-0.4, -0.2) is 11.1 Å². The Morgan fingerprint density at radius 2 is 2.07 bits per heavy atom. The third-order valence-electron chi connectivity index (χ3n) is 3.41. The van der Waals surface area contributed by atoms with Gasteiger partial charge in [0.25, 0.3) is 0 Å². The quantitative estimate of drug-likeness (QED) is 0.778. The van der Waals surface area contributed by atoms with E-state index >= 15 is 0 Å². The van der Waals surface area contributed by atoms with E-state index in [1.54, 1.807) is 0 Å². The van der Waals surface area contributed by atoms with Crippen molar-refractivity contribution in [3.63, 3.8) is 0 Å². The van der Waals surface area contributed by atoms with Gasteiger partial charge in [0.05, 0.1) is 5.41 Å². The van der Waals surface area contributed by atoms with Crippen molar-refractivity contribution in [2.45, 2.75) is 25.7 Å². The lowest BCUT2D eigenvalue weighted by atomic mass is 9.59. The highest BCUT2D eigenvalue weighted by Gasteiger charge is 2.49. The van der Waals surface area contributed by atoms with E-state index in [4.69, 9.17) is 5.11 Å². The highest BCUT2D eigenvalue weighted by molar-refractivity contribution is 5.77. The van der Waals surface area contributed by atoms with Gasteiger partial charge in [-0.15, -0.1) is 0 Å². The smallest absolute Gasteiger partial charge is 0.309 e. The fraction of sp³-hybridized carbons (Fsp3) is 0.417. The Labute approximate surface area is 83.6 Å². The summed E-state index contributed by atoms with van der Waals surface area (Å²) in [7, 11) is 0. The zero-order chi connectivity index (χ0) is 10.2. The molecule has 0 saturated heterocycles. The van der Waals surface area contributed by atoms with E-state index in [1.165, 1.54) is 0 Å². The van der Waals surface area contributed by atoms with E-state index in [1.807, 2.05) is 37.3 Å². The normalized spacial score (nSPS) is 30.8. The molecule has 2 nitrogen and oxygen atoms in total. The van der Waals surface area contributed by atoms with Crippen LogP contribution in [0.5, 0.6) is 0 Å². The minimum absolute atomic E-state index is 0.196. The first-order valence-electron chi connectivity index (χ1n) is 4.93. The summed E-state index contributed by atoms with van der Waals surface area (Å²) in [6, 6.07) is 9.93. The van der Waals surface area contributed by atoms with Crippen LogP contribution in [0.2, 0.25) is 0 Å². The molecular weight excluding hydrogens is 176 g/mol. The van der Waals surface area contributed by atoms with E-state index in [2.05, 4.69) is 0 Å². The minimum Gasteiger partial charge on any atom is -0.481 e. The van der Waals surface area contributed by atoms with E-state index < -0.39 is 11.4 Å². The summed E-state index contributed by atoms with van der Waals surface area (Å²) in [6.45, 7) is 1.84. The zero-order valence-corrected chi connectivity index (χ0v) is 8.23. The van der Waals surface area contributed by atoms with Crippen molar-refractivity contribution >= 4 is 5.97 Å². The molecule has 2 rings (SSSR count). The molecule has 0 heterocycles. The molecule has 1 aromatic carbocycles. The Morgan fingerprint density at radius 1 is 1.43 bits per heavy atom. The average molecular weight is 190 g/mol. The van der Waals surface area contributed by atoms with Gasteiger partial charge in [-0.25, -0.2) is 0 Å². The van der Waals surface area contributed by atoms with Crippen LogP contribution in [0.1, 0.15) is 31.2 Å². The molecule has 14 heavy (non-hydrogen) atoms. The minimum atomic E-state index is -0.669. The van der Waals surface area contributed by atoms with Gasteiger partial charge in [0.15, 0.2) is 0 Å². The second kappa shape index (κ2) is 3.12. The largest absolute Gasteiger partial charge is 0.481 e. The summed E-state index contributed by atoms with van der Waals surface area (Å²) in [5.41, 5.74) is 0.616. The predicted octanol–water partition coefficient (Wildman–Crippen LogP) is 2.65. The maximum absolute atomic E-state index is 11.1. The van der Waals surface area contributed by atoms with Gasteiger partial charge >= 0.3 is 5.97 Å². The van der Waals surface area contributed by atoms with Crippen LogP contribution in [0.3, 0.4) is 0 Å². The summed E-state index contributed by atoms with van der Waals surface area (Å²) < 4.78 is 0. The molecule has 0 aliphatic heterocycles. The number of carboxylic acids is 1. The molecule has 0 aromatic heterocycles. The number of carbonyl (C=O) groups is 1. The van der Waals surface area contributed by atoms with Gasteiger partial charge in [-0.2, -0.15) is 0 Å². The molecular formula is C12H14O2. The number of aliphatic carboxylic acids is 1. The monoisotopic (exact) mass is 190 g/mol. The third kappa shape index (κ3) is 1.22. The number of carboxylic acid groups (broad SMARTS) is 1. The lowest BCUT2D eigenvalue weighted by Crippen LogP contribution is -2.42. The van der Waals surface area contributed by atoms with Gasteiger partial charge in [-0.1, -0.05) is 30.3 Å². The summed E-state index contributed by atoms with van der Waals surface area (Å²) in [4.78, 5) is 11.1. The summed E-state index contributed by atoms with van der Waals surface area (Å²) in [6.07, 6.45) is 1.79. The lowest BCUT2D eigenvalue weighted by molar-refractivity contribution is -0.155. The SMILES string of the molecule is CC1(C(=O)O)CCC1c1ccccc1. The molecule has 0 amide bonds. The van der Waals surface area contributed by atoms with Crippen molar-refractivity contribution in [3.8, 4) is 0 Å². The van der Waals surface area contributed by atoms with Gasteiger partial charge in [-0.3, -0.25) is 4.79 Å². The van der Waals surface area contributed by atoms with Crippen LogP contribution in [0.15, 0.2) is 30.3 Å². The molecule has 1 aliphatic carbocycles. The number of benzene rings is 1. The molecule has 1 aliphatic rings. The van der Waals surface area contributed by atoms with Gasteiger partial charge in [0.1, 0.15) is 0 Å². The van der Waals surface area contributed by atoms with E-state index in [0.29, 0.717) is 0 Å². The number of hydrogen-bond acceptors (Lipinski definition) is 1. The lowest BCUT2D eigenvalue weighted by Gasteiger charge is -2.43. The van der Waals surface area contributed by atoms with Gasteiger partial charge in [0.2, 0.25) is 0 Å². The van der Waals surface area contributed by atoms with Crippen molar-refractivity contribution in [3.05, 3.63) is 35.9 Å². The second-order valence-electron chi connectivity index (χ2n) is 4.22. The number of hydrogen-bond donors (Lipinski definition) is 1. The Balaban J connectivity index is 2.26. The number of rotatable bonds is 2. The van der Waals surface area contributed by atoms with Crippen LogP contribution >= 0.6 is 0 Å². The first kappa shape index (κ1) is 9.25. The van der Waals surface area contributed by atoms with Crippen LogP contribution < -0.4 is 0 Å². The highest BCUT2D eigenvalue weighted by Crippen LogP contribution is 2.52. The molecule has 2 heteroatoms. The Hall–Kier alpha value is -1.31. The van der Waals surface area contributed by atoms with Crippen molar-refractivity contribution in [1.82, 2.24) is 0 Å². The Kier molecular flexibility index (Phi) is 2.06. The van der Waals surface area contributed by atoms with E-state index in [-0.39, 0.29) is 5.92 Å². The molecule has 1 N–H and O–H groups in total. The van der Waals surface area contributed by atoms with Crippen molar-refractivity contribution in [2.75, 3.05) is 0 Å². The molecule has 0 bridgehead atoms. The fourth-order valence-corrected chi connectivity index (χ4v) is 2.20. The third-order valence-corrected chi connectivity index (χ3v) is 3.41. The maximum Gasteiger partial charge on any atom is 0.309 e. The Bertz CT molecular complexity index is 345. The van der Waals surface area contributed by atoms with Crippen LogP contribution in [0.25, 0.3) is 0 Å². The predicted molar refractivity (Wildman–Crippen MR) is 54.2 cm³/mol. The van der Waals surface area contributed by atoms with Crippen molar-refractivity contribution < 1.29 is 9.90 Å². The first-order valence-corrected chi connectivity index (χ1v) is 4.93. The Morgan fingerprint density at radius 3 is 2.50 bits per heavy atom. The van der Waals surface area contributed by atoms with Crippen molar-refractivity contribution in [1.29, 1.82) is 0 Å². The maximum atomic E-state index is 11.1. The molecule has 1 saturated carbocycles. The second-order valence-corrected chi connectivity index (χ2v) is 4.22. The van der Waals surface area contributed by atoms with Gasteiger partial charge in [0, 0.05) is 0 Å². The standard InChI is InChI=1S/C12H14O2/c1-12(11(13)14)8-7-10(12)9-5-3-2-4-6-9/h2-6,10H,7-8H2,1H3,(H,13,14). The van der Waals surface area contributed by atoms with Crippen LogP contribution in [0, 0.1) is 5.41 Å². The highest BCUT2D eigenvalue weighted by atomic mass is 16.4. The summed E-state index contributed by atoms with van der Waals surface area (Å²) in [5, 5.41) is 9.12. The van der Waals surface area contributed by atoms with E-state index in [0.717, 1.165) is 18.4 Å².